The molecule has 23 heavy (non-hydrogen) atoms. The van der Waals surface area contributed by atoms with E-state index in [1.54, 1.807) is 0 Å². The lowest BCUT2D eigenvalue weighted by molar-refractivity contribution is -0.121. The average molecular weight is 339 g/mol. The van der Waals surface area contributed by atoms with Gasteiger partial charge in [0.1, 0.15) is 0 Å². The molecule has 1 heterocycles. The number of likely N-dealkylation sites (N-methyl/N-ethyl adjacent to an activating group) is 1. The Labute approximate surface area is 138 Å². The Morgan fingerprint density at radius 1 is 1.35 bits per heavy atom. The minimum Gasteiger partial charge on any atom is -0.353 e. The molecule has 1 amide bonds. The monoisotopic (exact) mass is 339 g/mol. The maximum atomic E-state index is 11.9. The molecule has 128 valence electrons. The van der Waals surface area contributed by atoms with E-state index in [0.29, 0.717) is 6.54 Å². The normalized spacial score (nSPS) is 16.9. The van der Waals surface area contributed by atoms with Crippen molar-refractivity contribution in [1.29, 1.82) is 0 Å². The number of amides is 1. The van der Waals surface area contributed by atoms with Gasteiger partial charge in [-0.1, -0.05) is 24.3 Å². The molecule has 0 aromatic heterocycles. The van der Waals surface area contributed by atoms with Gasteiger partial charge in [-0.3, -0.25) is 9.69 Å². The number of nitrogens with one attached hydrogen (secondary N) is 1. The molecular formula is C16H25N3O3S. The summed E-state index contributed by atoms with van der Waals surface area (Å²) in [7, 11) is -1.93. The van der Waals surface area contributed by atoms with E-state index in [-0.39, 0.29) is 18.5 Å². The SMILES string of the molecule is CC(CNC(=O)CN(C)S(C)(=O)=O)N1CCc2ccccc2C1. The number of hydrogen-bond acceptors (Lipinski definition) is 4. The van der Waals surface area contributed by atoms with Gasteiger partial charge < -0.3 is 5.32 Å². The van der Waals surface area contributed by atoms with Crippen LogP contribution in [0.4, 0.5) is 0 Å². The zero-order valence-electron chi connectivity index (χ0n) is 13.9. The summed E-state index contributed by atoms with van der Waals surface area (Å²) in [5, 5.41) is 2.82. The summed E-state index contributed by atoms with van der Waals surface area (Å²) in [5.74, 6) is -0.276. The van der Waals surface area contributed by atoms with Gasteiger partial charge in [-0.15, -0.1) is 0 Å². The minimum atomic E-state index is -3.33. The zero-order chi connectivity index (χ0) is 17.0. The van der Waals surface area contributed by atoms with Crippen LogP contribution < -0.4 is 5.32 Å². The second-order valence-corrected chi connectivity index (χ2v) is 8.25. The summed E-state index contributed by atoms with van der Waals surface area (Å²) in [4.78, 5) is 14.2. The molecule has 1 aromatic rings. The highest BCUT2D eigenvalue weighted by molar-refractivity contribution is 7.88. The van der Waals surface area contributed by atoms with Crippen molar-refractivity contribution >= 4 is 15.9 Å². The molecular weight excluding hydrogens is 314 g/mol. The Morgan fingerprint density at radius 3 is 2.65 bits per heavy atom. The topological polar surface area (TPSA) is 69.7 Å². The number of carbonyl (C=O) groups is 1. The largest absolute Gasteiger partial charge is 0.353 e. The fraction of sp³-hybridized carbons (Fsp3) is 0.562. The quantitative estimate of drug-likeness (QED) is 0.817. The van der Waals surface area contributed by atoms with Gasteiger partial charge in [0.05, 0.1) is 12.8 Å². The summed E-state index contributed by atoms with van der Waals surface area (Å²) >= 11 is 0. The molecule has 6 nitrogen and oxygen atoms in total. The minimum absolute atomic E-state index is 0.144. The van der Waals surface area contributed by atoms with E-state index in [4.69, 9.17) is 0 Å². The molecule has 0 saturated carbocycles. The molecule has 7 heteroatoms. The molecule has 1 N–H and O–H groups in total. The van der Waals surface area contributed by atoms with Crippen LogP contribution in [-0.2, 0) is 27.8 Å². The molecule has 0 aliphatic carbocycles. The molecule has 1 atom stereocenters. The number of hydrogen-bond donors (Lipinski definition) is 1. The molecule has 0 spiro atoms. The van der Waals surface area contributed by atoms with Gasteiger partial charge in [-0.2, -0.15) is 4.31 Å². The van der Waals surface area contributed by atoms with Crippen LogP contribution in [0.15, 0.2) is 24.3 Å². The van der Waals surface area contributed by atoms with E-state index in [2.05, 4.69) is 41.4 Å². The molecule has 0 fully saturated rings. The van der Waals surface area contributed by atoms with E-state index < -0.39 is 10.0 Å². The third-order valence-electron chi connectivity index (χ3n) is 4.31. The molecule has 1 aliphatic rings. The number of carbonyl (C=O) groups excluding carboxylic acids is 1. The van der Waals surface area contributed by atoms with Crippen LogP contribution in [0.1, 0.15) is 18.1 Å². The molecule has 1 aliphatic heterocycles. The van der Waals surface area contributed by atoms with Crippen LogP contribution in [0, 0.1) is 0 Å². The number of fused-ring (bicyclic) bond motifs is 1. The maximum absolute atomic E-state index is 11.9. The summed E-state index contributed by atoms with van der Waals surface area (Å²) in [6, 6.07) is 8.64. The predicted octanol–water partition coefficient (Wildman–Crippen LogP) is 0.441. The lowest BCUT2D eigenvalue weighted by Gasteiger charge is -2.33. The molecule has 0 bridgehead atoms. The van der Waals surface area contributed by atoms with Crippen LogP contribution in [0.25, 0.3) is 0 Å². The Hall–Kier alpha value is -1.44. The van der Waals surface area contributed by atoms with Crippen molar-refractivity contribution in [3.8, 4) is 0 Å². The summed E-state index contributed by atoms with van der Waals surface area (Å²) in [5.41, 5.74) is 2.74. The number of nitrogens with zero attached hydrogens (tertiary/aromatic N) is 2. The van der Waals surface area contributed by atoms with Gasteiger partial charge in [0, 0.05) is 32.7 Å². The van der Waals surface area contributed by atoms with E-state index >= 15 is 0 Å². The van der Waals surface area contributed by atoms with Crippen LogP contribution in [-0.4, -0.2) is 62.5 Å². The van der Waals surface area contributed by atoms with Crippen molar-refractivity contribution < 1.29 is 13.2 Å². The van der Waals surface area contributed by atoms with E-state index in [1.807, 2.05) is 0 Å². The van der Waals surface area contributed by atoms with Crippen molar-refractivity contribution in [2.45, 2.75) is 25.9 Å². The van der Waals surface area contributed by atoms with Gasteiger partial charge >= 0.3 is 0 Å². The third-order valence-corrected chi connectivity index (χ3v) is 5.57. The van der Waals surface area contributed by atoms with Gasteiger partial charge in [-0.05, 0) is 24.5 Å². The fourth-order valence-electron chi connectivity index (χ4n) is 2.66. The molecule has 1 unspecified atom stereocenters. The molecule has 1 aromatic carbocycles. The van der Waals surface area contributed by atoms with Crippen LogP contribution >= 0.6 is 0 Å². The second kappa shape index (κ2) is 7.42. The van der Waals surface area contributed by atoms with Gasteiger partial charge in [0.25, 0.3) is 0 Å². The molecule has 0 radical (unpaired) electrons. The standard InChI is InChI=1S/C16H25N3O3S/c1-13(10-17-16(20)12-18(2)23(3,21)22)19-9-8-14-6-4-5-7-15(14)11-19/h4-7,13H,8-12H2,1-3H3,(H,17,20). The fourth-order valence-corrected chi connectivity index (χ4v) is 3.01. The van der Waals surface area contributed by atoms with Crippen LogP contribution in [0.3, 0.4) is 0 Å². The number of benzene rings is 1. The first-order chi connectivity index (χ1) is 10.8. The highest BCUT2D eigenvalue weighted by atomic mass is 32.2. The smallest absolute Gasteiger partial charge is 0.235 e. The summed E-state index contributed by atoms with van der Waals surface area (Å²) in [6.45, 7) is 4.30. The van der Waals surface area contributed by atoms with E-state index in [1.165, 1.54) is 18.2 Å². The highest BCUT2D eigenvalue weighted by Crippen LogP contribution is 2.19. The van der Waals surface area contributed by atoms with E-state index in [9.17, 15) is 13.2 Å². The third kappa shape index (κ3) is 5.02. The lowest BCUT2D eigenvalue weighted by atomic mass is 9.99. The Morgan fingerprint density at radius 2 is 2.00 bits per heavy atom. The van der Waals surface area contributed by atoms with Crippen molar-refractivity contribution in [2.75, 3.05) is 32.9 Å². The first-order valence-electron chi connectivity index (χ1n) is 7.76. The zero-order valence-corrected chi connectivity index (χ0v) is 14.8. The van der Waals surface area contributed by atoms with Gasteiger partial charge in [0.2, 0.25) is 15.9 Å². The Bertz CT molecular complexity index is 660. The number of rotatable bonds is 6. The van der Waals surface area contributed by atoms with Gasteiger partial charge in [-0.25, -0.2) is 8.42 Å². The second-order valence-electron chi connectivity index (χ2n) is 6.16. The van der Waals surface area contributed by atoms with Crippen molar-refractivity contribution in [3.05, 3.63) is 35.4 Å². The van der Waals surface area contributed by atoms with Crippen molar-refractivity contribution in [2.24, 2.45) is 0 Å². The molecule has 2 rings (SSSR count). The van der Waals surface area contributed by atoms with E-state index in [0.717, 1.165) is 30.1 Å². The molecule has 0 saturated heterocycles. The Balaban J connectivity index is 1.82. The predicted molar refractivity (Wildman–Crippen MR) is 90.5 cm³/mol. The Kier molecular flexibility index (Phi) is 5.78. The van der Waals surface area contributed by atoms with Gasteiger partial charge in [0.15, 0.2) is 0 Å². The first kappa shape index (κ1) is 17.9. The van der Waals surface area contributed by atoms with Crippen LogP contribution in [0.2, 0.25) is 0 Å². The first-order valence-corrected chi connectivity index (χ1v) is 9.61. The van der Waals surface area contributed by atoms with Crippen LogP contribution in [0.5, 0.6) is 0 Å². The maximum Gasteiger partial charge on any atom is 0.235 e. The lowest BCUT2D eigenvalue weighted by Crippen LogP contribution is -2.46. The highest BCUT2D eigenvalue weighted by Gasteiger charge is 2.21. The van der Waals surface area contributed by atoms with Crippen molar-refractivity contribution in [3.63, 3.8) is 0 Å². The average Bonchev–Trinajstić information content (AvgIpc) is 2.51. The summed E-state index contributed by atoms with van der Waals surface area (Å²) < 4.78 is 23.7. The van der Waals surface area contributed by atoms with Crippen molar-refractivity contribution in [1.82, 2.24) is 14.5 Å². The summed E-state index contributed by atoms with van der Waals surface area (Å²) in [6.07, 6.45) is 2.11. The number of sulfonamides is 1.